The van der Waals surface area contributed by atoms with Crippen molar-refractivity contribution in [3.63, 3.8) is 0 Å². The first-order valence-electron chi connectivity index (χ1n) is 6.28. The number of anilines is 1. The van der Waals surface area contributed by atoms with Gasteiger partial charge in [-0.05, 0) is 49.8 Å². The molecular formula is C14H19NO. The van der Waals surface area contributed by atoms with E-state index in [1.54, 1.807) is 0 Å². The molecular weight excluding hydrogens is 198 g/mol. The van der Waals surface area contributed by atoms with Crippen LogP contribution in [0.4, 0.5) is 5.69 Å². The number of aliphatic hydroxyl groups is 1. The lowest BCUT2D eigenvalue weighted by atomic mass is 10.1. The molecule has 1 saturated heterocycles. The van der Waals surface area contributed by atoms with Crippen molar-refractivity contribution in [2.45, 2.75) is 38.3 Å². The van der Waals surface area contributed by atoms with E-state index in [-0.39, 0.29) is 6.10 Å². The van der Waals surface area contributed by atoms with Crippen LogP contribution in [-0.4, -0.2) is 17.7 Å². The molecule has 1 heterocycles. The van der Waals surface area contributed by atoms with Crippen LogP contribution < -0.4 is 4.90 Å². The second-order valence-electron chi connectivity index (χ2n) is 5.25. The molecule has 0 amide bonds. The summed E-state index contributed by atoms with van der Waals surface area (Å²) < 4.78 is 0. The van der Waals surface area contributed by atoms with Gasteiger partial charge in [-0.2, -0.15) is 0 Å². The average molecular weight is 217 g/mol. The zero-order valence-corrected chi connectivity index (χ0v) is 9.76. The number of benzene rings is 1. The van der Waals surface area contributed by atoms with Gasteiger partial charge in [0, 0.05) is 18.3 Å². The Labute approximate surface area is 96.9 Å². The second-order valence-corrected chi connectivity index (χ2v) is 5.25. The molecule has 1 saturated carbocycles. The maximum Gasteiger partial charge on any atom is 0.0761 e. The van der Waals surface area contributed by atoms with Crippen molar-refractivity contribution >= 4 is 5.69 Å². The van der Waals surface area contributed by atoms with Gasteiger partial charge in [-0.15, -0.1) is 0 Å². The minimum atomic E-state index is -0.357. The summed E-state index contributed by atoms with van der Waals surface area (Å²) >= 11 is 0. The van der Waals surface area contributed by atoms with Gasteiger partial charge < -0.3 is 10.0 Å². The highest BCUT2D eigenvalue weighted by atomic mass is 16.3. The van der Waals surface area contributed by atoms with Crippen LogP contribution in [0.15, 0.2) is 24.3 Å². The lowest BCUT2D eigenvalue weighted by molar-refractivity contribution is 0.199. The standard InChI is InChI=1S/C14H19NO/c1-10(16)12-3-6-13(7-4-12)15-9-11-2-5-14(15)8-11/h3-4,6-7,10-11,14,16H,2,5,8-9H2,1H3. The molecule has 16 heavy (non-hydrogen) atoms. The molecule has 2 aliphatic rings. The summed E-state index contributed by atoms with van der Waals surface area (Å²) in [4.78, 5) is 2.54. The molecule has 86 valence electrons. The van der Waals surface area contributed by atoms with E-state index in [1.165, 1.54) is 31.5 Å². The van der Waals surface area contributed by atoms with Crippen molar-refractivity contribution in [1.82, 2.24) is 0 Å². The van der Waals surface area contributed by atoms with E-state index >= 15 is 0 Å². The van der Waals surface area contributed by atoms with Gasteiger partial charge in [0.25, 0.3) is 0 Å². The van der Waals surface area contributed by atoms with Gasteiger partial charge in [0.05, 0.1) is 6.10 Å². The van der Waals surface area contributed by atoms with E-state index < -0.39 is 0 Å². The zero-order valence-electron chi connectivity index (χ0n) is 9.76. The number of hydrogen-bond acceptors (Lipinski definition) is 2. The van der Waals surface area contributed by atoms with Crippen LogP contribution in [0.3, 0.4) is 0 Å². The highest BCUT2D eigenvalue weighted by Gasteiger charge is 2.37. The van der Waals surface area contributed by atoms with Crippen LogP contribution >= 0.6 is 0 Å². The number of aliphatic hydroxyl groups excluding tert-OH is 1. The first-order chi connectivity index (χ1) is 7.74. The molecule has 1 aliphatic heterocycles. The Balaban J connectivity index is 1.80. The third kappa shape index (κ3) is 1.61. The predicted octanol–water partition coefficient (Wildman–Crippen LogP) is 2.73. The van der Waals surface area contributed by atoms with Crippen molar-refractivity contribution in [2.75, 3.05) is 11.4 Å². The van der Waals surface area contributed by atoms with Gasteiger partial charge >= 0.3 is 0 Å². The van der Waals surface area contributed by atoms with Gasteiger partial charge in [0.1, 0.15) is 0 Å². The largest absolute Gasteiger partial charge is 0.389 e. The molecule has 1 aromatic carbocycles. The molecule has 3 unspecified atom stereocenters. The van der Waals surface area contributed by atoms with E-state index in [9.17, 15) is 5.11 Å². The lowest BCUT2D eigenvalue weighted by Crippen LogP contribution is -2.31. The summed E-state index contributed by atoms with van der Waals surface area (Å²) in [7, 11) is 0. The number of piperidine rings is 1. The molecule has 0 radical (unpaired) electrons. The van der Waals surface area contributed by atoms with Gasteiger partial charge in [-0.3, -0.25) is 0 Å². The fraction of sp³-hybridized carbons (Fsp3) is 0.571. The molecule has 2 fully saturated rings. The highest BCUT2D eigenvalue weighted by molar-refractivity contribution is 5.50. The maximum absolute atomic E-state index is 9.47. The van der Waals surface area contributed by atoms with Gasteiger partial charge in [-0.25, -0.2) is 0 Å². The first kappa shape index (κ1) is 10.2. The fourth-order valence-corrected chi connectivity index (χ4v) is 3.19. The Kier molecular flexibility index (Phi) is 2.40. The molecule has 3 rings (SSSR count). The van der Waals surface area contributed by atoms with Gasteiger partial charge in [0.15, 0.2) is 0 Å². The average Bonchev–Trinajstić information content (AvgIpc) is 2.91. The smallest absolute Gasteiger partial charge is 0.0761 e. The topological polar surface area (TPSA) is 23.5 Å². The Bertz CT molecular complexity index is 371. The molecule has 0 aromatic heterocycles. The van der Waals surface area contributed by atoms with E-state index in [2.05, 4.69) is 17.0 Å². The quantitative estimate of drug-likeness (QED) is 0.823. The van der Waals surface area contributed by atoms with Crippen LogP contribution in [-0.2, 0) is 0 Å². The summed E-state index contributed by atoms with van der Waals surface area (Å²) in [6, 6.07) is 9.19. The Hall–Kier alpha value is -1.02. The van der Waals surface area contributed by atoms with Crippen molar-refractivity contribution < 1.29 is 5.11 Å². The van der Waals surface area contributed by atoms with Crippen molar-refractivity contribution in [3.05, 3.63) is 29.8 Å². The Morgan fingerprint density at radius 2 is 2.00 bits per heavy atom. The fourth-order valence-electron chi connectivity index (χ4n) is 3.19. The number of rotatable bonds is 2. The van der Waals surface area contributed by atoms with E-state index in [1.807, 2.05) is 19.1 Å². The Morgan fingerprint density at radius 1 is 1.25 bits per heavy atom. The third-order valence-electron chi connectivity index (χ3n) is 4.12. The number of hydrogen-bond donors (Lipinski definition) is 1. The minimum absolute atomic E-state index is 0.357. The van der Waals surface area contributed by atoms with Crippen LogP contribution in [0.5, 0.6) is 0 Å². The third-order valence-corrected chi connectivity index (χ3v) is 4.12. The molecule has 1 aromatic rings. The predicted molar refractivity (Wildman–Crippen MR) is 65.6 cm³/mol. The molecule has 0 spiro atoms. The SMILES string of the molecule is CC(O)c1ccc(N2CC3CCC2C3)cc1. The normalized spacial score (nSPS) is 29.8. The van der Waals surface area contributed by atoms with Crippen LogP contribution in [0.1, 0.15) is 37.9 Å². The summed E-state index contributed by atoms with van der Waals surface area (Å²) in [5.74, 6) is 0.932. The monoisotopic (exact) mass is 217 g/mol. The first-order valence-corrected chi connectivity index (χ1v) is 6.28. The van der Waals surface area contributed by atoms with E-state index in [0.717, 1.165) is 17.5 Å². The van der Waals surface area contributed by atoms with Crippen LogP contribution in [0.2, 0.25) is 0 Å². The second kappa shape index (κ2) is 3.77. The molecule has 2 heteroatoms. The van der Waals surface area contributed by atoms with Crippen molar-refractivity contribution in [2.24, 2.45) is 5.92 Å². The Morgan fingerprint density at radius 3 is 2.50 bits per heavy atom. The highest BCUT2D eigenvalue weighted by Crippen LogP contribution is 2.40. The minimum Gasteiger partial charge on any atom is -0.389 e. The summed E-state index contributed by atoms with van der Waals surface area (Å²) in [6.45, 7) is 3.05. The van der Waals surface area contributed by atoms with Crippen LogP contribution in [0, 0.1) is 5.92 Å². The molecule has 2 nitrogen and oxygen atoms in total. The van der Waals surface area contributed by atoms with E-state index in [4.69, 9.17) is 0 Å². The molecule has 2 bridgehead atoms. The summed E-state index contributed by atoms with van der Waals surface area (Å²) in [5.41, 5.74) is 2.34. The summed E-state index contributed by atoms with van der Waals surface area (Å²) in [5, 5.41) is 9.47. The number of fused-ring (bicyclic) bond motifs is 2. The van der Waals surface area contributed by atoms with Crippen LogP contribution in [0.25, 0.3) is 0 Å². The zero-order chi connectivity index (χ0) is 11.1. The summed E-state index contributed by atoms with van der Waals surface area (Å²) in [6.07, 6.45) is 3.82. The van der Waals surface area contributed by atoms with Crippen molar-refractivity contribution in [1.29, 1.82) is 0 Å². The van der Waals surface area contributed by atoms with Gasteiger partial charge in [-0.1, -0.05) is 12.1 Å². The maximum atomic E-state index is 9.47. The molecule has 1 aliphatic carbocycles. The number of nitrogens with zero attached hydrogens (tertiary/aromatic N) is 1. The molecule has 3 atom stereocenters. The van der Waals surface area contributed by atoms with Crippen molar-refractivity contribution in [3.8, 4) is 0 Å². The molecule has 1 N–H and O–H groups in total. The van der Waals surface area contributed by atoms with E-state index in [0.29, 0.717) is 0 Å². The van der Waals surface area contributed by atoms with Gasteiger partial charge in [0.2, 0.25) is 0 Å². The lowest BCUT2D eigenvalue weighted by Gasteiger charge is -2.29.